The standard InChI is InChI=1S/C26H38N4O10S/c1-15(22(27)33)4-2-3-7-28-20(32)14-40-11-10-39-9-8-29-19(31)13-16-5-6-17-18(12-16)41-24(21(17)25(35)36)30-23(34)26(37)38/h15-16H,2-14H2,1H3,(H2,27,33)(H,28,32)(H,29,31)(H,30,34)(H,35,36)(H,37,38)/t15-,16?/m0/s1. The fraction of sp³-hybridized carbons (Fsp3) is 0.615. The molecule has 1 aliphatic carbocycles. The number of hydrogen-bond donors (Lipinski definition) is 6. The first-order chi connectivity index (χ1) is 19.5. The van der Waals surface area contributed by atoms with Gasteiger partial charge in [0.2, 0.25) is 17.7 Å². The highest BCUT2D eigenvalue weighted by molar-refractivity contribution is 7.17. The molecular formula is C26H38N4O10S. The van der Waals surface area contributed by atoms with Gasteiger partial charge in [-0.2, -0.15) is 0 Å². The molecule has 0 saturated heterocycles. The van der Waals surface area contributed by atoms with Crippen molar-refractivity contribution in [2.75, 3.05) is 44.8 Å². The van der Waals surface area contributed by atoms with E-state index in [0.29, 0.717) is 44.3 Å². The molecule has 0 radical (unpaired) electrons. The van der Waals surface area contributed by atoms with E-state index in [1.807, 2.05) is 0 Å². The number of thiophene rings is 1. The number of ether oxygens (including phenoxy) is 2. The van der Waals surface area contributed by atoms with E-state index < -0.39 is 17.8 Å². The molecule has 7 N–H and O–H groups in total. The molecule has 228 valence electrons. The zero-order chi connectivity index (χ0) is 30.4. The first-order valence-electron chi connectivity index (χ1n) is 13.4. The highest BCUT2D eigenvalue weighted by Gasteiger charge is 2.31. The lowest BCUT2D eigenvalue weighted by atomic mass is 9.85. The highest BCUT2D eigenvalue weighted by Crippen LogP contribution is 2.40. The van der Waals surface area contributed by atoms with Crippen LogP contribution in [0.1, 0.15) is 59.8 Å². The normalized spacial score (nSPS) is 14.9. The van der Waals surface area contributed by atoms with Gasteiger partial charge in [-0.15, -0.1) is 11.3 Å². The maximum atomic E-state index is 12.4. The van der Waals surface area contributed by atoms with Crippen molar-refractivity contribution in [3.8, 4) is 0 Å². The van der Waals surface area contributed by atoms with Gasteiger partial charge in [0.1, 0.15) is 11.6 Å². The van der Waals surface area contributed by atoms with Crippen LogP contribution < -0.4 is 21.7 Å². The number of carbonyl (C=O) groups is 6. The Kier molecular flexibility index (Phi) is 14.2. The number of aromatic carboxylic acids is 1. The van der Waals surface area contributed by atoms with Gasteiger partial charge in [0.05, 0.1) is 25.4 Å². The van der Waals surface area contributed by atoms with Crippen LogP contribution in [0.3, 0.4) is 0 Å². The fourth-order valence-electron chi connectivity index (χ4n) is 4.28. The van der Waals surface area contributed by atoms with E-state index in [9.17, 15) is 33.9 Å². The van der Waals surface area contributed by atoms with Gasteiger partial charge < -0.3 is 41.4 Å². The summed E-state index contributed by atoms with van der Waals surface area (Å²) in [6.45, 7) is 3.21. The van der Waals surface area contributed by atoms with E-state index in [0.717, 1.165) is 29.1 Å². The number of unbranched alkanes of at least 4 members (excludes halogenated alkanes) is 1. The predicted molar refractivity (Wildman–Crippen MR) is 148 cm³/mol. The molecule has 2 atom stereocenters. The van der Waals surface area contributed by atoms with Crippen LogP contribution in [0, 0.1) is 11.8 Å². The third-order valence-electron chi connectivity index (χ3n) is 6.52. The summed E-state index contributed by atoms with van der Waals surface area (Å²) >= 11 is 1.03. The summed E-state index contributed by atoms with van der Waals surface area (Å²) in [7, 11) is 0. The van der Waals surface area contributed by atoms with Gasteiger partial charge in [-0.1, -0.05) is 13.3 Å². The Morgan fingerprint density at radius 2 is 1.71 bits per heavy atom. The van der Waals surface area contributed by atoms with Gasteiger partial charge >= 0.3 is 17.8 Å². The van der Waals surface area contributed by atoms with Crippen LogP contribution in [0.15, 0.2) is 0 Å². The molecule has 15 heteroatoms. The molecule has 0 saturated carbocycles. The molecule has 1 unspecified atom stereocenters. The number of primary amides is 1. The number of amides is 4. The summed E-state index contributed by atoms with van der Waals surface area (Å²) in [6.07, 6.45) is 3.90. The Balaban J connectivity index is 1.57. The molecule has 0 bridgehead atoms. The van der Waals surface area contributed by atoms with Crippen molar-refractivity contribution < 1.29 is 48.5 Å². The second kappa shape index (κ2) is 17.3. The molecule has 1 aromatic heterocycles. The van der Waals surface area contributed by atoms with Gasteiger partial charge in [-0.3, -0.25) is 19.2 Å². The second-order valence-corrected chi connectivity index (χ2v) is 10.9. The Labute approximate surface area is 241 Å². The van der Waals surface area contributed by atoms with Gasteiger partial charge in [0.25, 0.3) is 0 Å². The molecular weight excluding hydrogens is 560 g/mol. The summed E-state index contributed by atoms with van der Waals surface area (Å²) in [5.74, 6) is -5.19. The van der Waals surface area contributed by atoms with E-state index in [1.54, 1.807) is 6.92 Å². The number of hydrogen-bond acceptors (Lipinski definition) is 9. The lowest BCUT2D eigenvalue weighted by Crippen LogP contribution is -2.31. The summed E-state index contributed by atoms with van der Waals surface area (Å²) in [4.78, 5) is 69.9. The van der Waals surface area contributed by atoms with Crippen molar-refractivity contribution in [1.29, 1.82) is 0 Å². The molecule has 2 rings (SSSR count). The topological polar surface area (TPSA) is 223 Å². The molecule has 1 heterocycles. The monoisotopic (exact) mass is 598 g/mol. The van der Waals surface area contributed by atoms with Crippen LogP contribution in [-0.4, -0.2) is 85.3 Å². The zero-order valence-corrected chi connectivity index (χ0v) is 23.8. The van der Waals surface area contributed by atoms with Crippen molar-refractivity contribution >= 4 is 51.9 Å². The molecule has 0 fully saturated rings. The largest absolute Gasteiger partial charge is 0.478 e. The summed E-state index contributed by atoms with van der Waals surface area (Å²) < 4.78 is 10.7. The lowest BCUT2D eigenvalue weighted by molar-refractivity contribution is -0.147. The minimum Gasteiger partial charge on any atom is -0.478 e. The van der Waals surface area contributed by atoms with Crippen LogP contribution in [0.2, 0.25) is 0 Å². The number of anilines is 1. The van der Waals surface area contributed by atoms with Crippen LogP contribution in [-0.2, 0) is 46.3 Å². The number of carboxylic acid groups (broad SMARTS) is 2. The third kappa shape index (κ3) is 11.8. The number of nitrogens with two attached hydrogens (primary N) is 1. The van der Waals surface area contributed by atoms with Gasteiger partial charge in [-0.25, -0.2) is 9.59 Å². The molecule has 41 heavy (non-hydrogen) atoms. The Morgan fingerprint density at radius 1 is 1.00 bits per heavy atom. The van der Waals surface area contributed by atoms with Gasteiger partial charge in [0.15, 0.2) is 0 Å². The average Bonchev–Trinajstić information content (AvgIpc) is 3.26. The third-order valence-corrected chi connectivity index (χ3v) is 7.69. The number of fused-ring (bicyclic) bond motifs is 1. The molecule has 0 aliphatic heterocycles. The lowest BCUT2D eigenvalue weighted by Gasteiger charge is -2.22. The predicted octanol–water partition coefficient (Wildman–Crippen LogP) is 0.522. The molecule has 14 nitrogen and oxygen atoms in total. The SMILES string of the molecule is C[C@@H](CCCCNC(=O)COCCOCCNC(=O)CC1CCc2c(sc(NC(=O)C(=O)O)c2C(=O)O)C1)C(N)=O. The Morgan fingerprint density at radius 3 is 2.39 bits per heavy atom. The molecule has 1 aliphatic rings. The number of nitrogens with one attached hydrogen (secondary N) is 3. The first kappa shape index (κ1) is 33.6. The molecule has 4 amide bonds. The maximum Gasteiger partial charge on any atom is 0.394 e. The van der Waals surface area contributed by atoms with Gasteiger partial charge in [0, 0.05) is 30.3 Å². The maximum absolute atomic E-state index is 12.4. The first-order valence-corrected chi connectivity index (χ1v) is 14.2. The minimum atomic E-state index is -1.71. The number of rotatable bonds is 18. The van der Waals surface area contributed by atoms with Crippen LogP contribution in [0.25, 0.3) is 0 Å². The zero-order valence-electron chi connectivity index (χ0n) is 23.0. The molecule has 0 aromatic carbocycles. The van der Waals surface area contributed by atoms with E-state index in [-0.39, 0.29) is 73.0 Å². The molecule has 0 spiro atoms. The van der Waals surface area contributed by atoms with E-state index in [2.05, 4.69) is 16.0 Å². The Bertz CT molecular complexity index is 1110. The highest BCUT2D eigenvalue weighted by atomic mass is 32.1. The minimum absolute atomic E-state index is 0.00911. The summed E-state index contributed by atoms with van der Waals surface area (Å²) in [6, 6.07) is 0. The quantitative estimate of drug-likeness (QED) is 0.101. The molecule has 1 aromatic rings. The van der Waals surface area contributed by atoms with Crippen molar-refractivity contribution in [2.45, 2.75) is 51.9 Å². The van der Waals surface area contributed by atoms with Crippen molar-refractivity contribution in [1.82, 2.24) is 10.6 Å². The van der Waals surface area contributed by atoms with Gasteiger partial charge in [-0.05, 0) is 43.6 Å². The van der Waals surface area contributed by atoms with Crippen LogP contribution in [0.4, 0.5) is 5.00 Å². The average molecular weight is 599 g/mol. The van der Waals surface area contributed by atoms with E-state index in [1.165, 1.54) is 0 Å². The number of aliphatic carboxylic acids is 1. The number of carbonyl (C=O) groups excluding carboxylic acids is 4. The van der Waals surface area contributed by atoms with Crippen molar-refractivity contribution in [3.63, 3.8) is 0 Å². The van der Waals surface area contributed by atoms with Crippen molar-refractivity contribution in [2.24, 2.45) is 17.6 Å². The smallest absolute Gasteiger partial charge is 0.394 e. The van der Waals surface area contributed by atoms with Crippen LogP contribution in [0.5, 0.6) is 0 Å². The van der Waals surface area contributed by atoms with Crippen LogP contribution >= 0.6 is 11.3 Å². The summed E-state index contributed by atoms with van der Waals surface area (Å²) in [5, 5.41) is 26.0. The van der Waals surface area contributed by atoms with Crippen molar-refractivity contribution in [3.05, 3.63) is 16.0 Å². The number of carboxylic acids is 2. The van der Waals surface area contributed by atoms with E-state index >= 15 is 0 Å². The fourth-order valence-corrected chi connectivity index (χ4v) is 5.63. The Hall–Kier alpha value is -3.56. The summed E-state index contributed by atoms with van der Waals surface area (Å²) in [5.41, 5.74) is 5.68. The second-order valence-electron chi connectivity index (χ2n) is 9.75. The van der Waals surface area contributed by atoms with E-state index in [4.69, 9.17) is 20.3 Å².